The van der Waals surface area contributed by atoms with Crippen molar-refractivity contribution in [1.29, 1.82) is 0 Å². The molecular weight excluding hydrogens is 296 g/mol. The molecule has 0 radical (unpaired) electrons. The minimum Gasteiger partial charge on any atom is -0.388 e. The molecule has 1 amide bonds. The average molecular weight is 317 g/mol. The molecule has 118 valence electrons. The van der Waals surface area contributed by atoms with Crippen LogP contribution in [0, 0.1) is 11.6 Å². The van der Waals surface area contributed by atoms with Gasteiger partial charge >= 0.3 is 0 Å². The predicted octanol–water partition coefficient (Wildman–Crippen LogP) is 3.11. The Balaban J connectivity index is 2.32. The maximum absolute atomic E-state index is 13.0. The van der Waals surface area contributed by atoms with Crippen LogP contribution in [0.25, 0.3) is 0 Å². The molecule has 2 N–H and O–H groups in total. The fourth-order valence-electron chi connectivity index (χ4n) is 1.68. The highest BCUT2D eigenvalue weighted by atomic mass is 32.2. The fraction of sp³-hybridized carbons (Fsp3) is 0.533. The first-order chi connectivity index (χ1) is 9.90. The first-order valence-electron chi connectivity index (χ1n) is 6.97. The summed E-state index contributed by atoms with van der Waals surface area (Å²) in [5, 5.41) is 12.7. The van der Waals surface area contributed by atoms with Gasteiger partial charge in [-0.3, -0.25) is 4.79 Å². The lowest BCUT2D eigenvalue weighted by Crippen LogP contribution is -2.42. The molecule has 0 saturated heterocycles. The molecule has 0 heterocycles. The van der Waals surface area contributed by atoms with Gasteiger partial charge in [-0.1, -0.05) is 13.8 Å². The van der Waals surface area contributed by atoms with E-state index in [9.17, 15) is 18.7 Å². The van der Waals surface area contributed by atoms with Crippen molar-refractivity contribution in [2.24, 2.45) is 0 Å². The van der Waals surface area contributed by atoms with Crippen molar-refractivity contribution < 1.29 is 18.7 Å². The lowest BCUT2D eigenvalue weighted by Gasteiger charge is -2.25. The molecule has 0 bridgehead atoms. The molecule has 0 spiro atoms. The summed E-state index contributed by atoms with van der Waals surface area (Å²) in [6.45, 7) is 3.97. The van der Waals surface area contributed by atoms with Crippen molar-refractivity contribution in [1.82, 2.24) is 5.32 Å². The predicted molar refractivity (Wildman–Crippen MR) is 80.2 cm³/mol. The van der Waals surface area contributed by atoms with Crippen molar-refractivity contribution in [3.05, 3.63) is 29.8 Å². The average Bonchev–Trinajstić information content (AvgIpc) is 2.48. The first kappa shape index (κ1) is 17.9. The molecule has 0 saturated carbocycles. The Morgan fingerprint density at radius 1 is 1.29 bits per heavy atom. The van der Waals surface area contributed by atoms with Gasteiger partial charge < -0.3 is 10.4 Å². The zero-order chi connectivity index (χ0) is 15.9. The topological polar surface area (TPSA) is 49.3 Å². The van der Waals surface area contributed by atoms with E-state index in [0.717, 1.165) is 12.1 Å². The van der Waals surface area contributed by atoms with Crippen LogP contribution in [0.3, 0.4) is 0 Å². The van der Waals surface area contributed by atoms with Gasteiger partial charge in [0.25, 0.3) is 0 Å². The number of rotatable bonds is 8. The summed E-state index contributed by atoms with van der Waals surface area (Å²) in [6.07, 6.45) is 1.41. The van der Waals surface area contributed by atoms with Crippen LogP contribution < -0.4 is 5.32 Å². The van der Waals surface area contributed by atoms with Crippen molar-refractivity contribution in [2.45, 2.75) is 43.6 Å². The molecule has 0 unspecified atom stereocenters. The Hall–Kier alpha value is -1.14. The van der Waals surface area contributed by atoms with Gasteiger partial charge in [-0.05, 0) is 31.0 Å². The summed E-state index contributed by atoms with van der Waals surface area (Å²) in [5.74, 6) is -1.46. The van der Waals surface area contributed by atoms with Crippen LogP contribution in [0.15, 0.2) is 23.1 Å². The third kappa shape index (κ3) is 6.01. The van der Waals surface area contributed by atoms with E-state index in [0.29, 0.717) is 23.5 Å². The molecule has 3 nitrogen and oxygen atoms in total. The van der Waals surface area contributed by atoms with E-state index >= 15 is 0 Å². The van der Waals surface area contributed by atoms with Gasteiger partial charge in [-0.25, -0.2) is 8.78 Å². The second-order valence-electron chi connectivity index (χ2n) is 4.88. The van der Waals surface area contributed by atoms with Gasteiger partial charge in [-0.2, -0.15) is 0 Å². The van der Waals surface area contributed by atoms with Crippen molar-refractivity contribution in [2.75, 3.05) is 12.3 Å². The molecule has 0 fully saturated rings. The molecule has 0 aliphatic rings. The number of benzene rings is 1. The van der Waals surface area contributed by atoms with E-state index in [1.54, 1.807) is 0 Å². The standard InChI is InChI=1S/C15H21F2NO2S/c1-3-15(20,4-2)10-18-14(19)7-8-21-11-5-6-12(16)13(17)9-11/h5-6,9,20H,3-4,7-8,10H2,1-2H3,(H,18,19). The second-order valence-corrected chi connectivity index (χ2v) is 6.05. The molecule has 21 heavy (non-hydrogen) atoms. The first-order valence-corrected chi connectivity index (χ1v) is 7.95. The van der Waals surface area contributed by atoms with E-state index in [1.165, 1.54) is 17.8 Å². The number of thioether (sulfide) groups is 1. The van der Waals surface area contributed by atoms with E-state index in [-0.39, 0.29) is 18.9 Å². The number of nitrogens with one attached hydrogen (secondary N) is 1. The Morgan fingerprint density at radius 2 is 1.95 bits per heavy atom. The van der Waals surface area contributed by atoms with Gasteiger partial charge in [0.1, 0.15) is 0 Å². The molecule has 1 rings (SSSR count). The normalized spacial score (nSPS) is 11.5. The Kier molecular flexibility index (Phi) is 7.11. The molecule has 0 aromatic heterocycles. The zero-order valence-electron chi connectivity index (χ0n) is 12.3. The van der Waals surface area contributed by atoms with Crippen LogP contribution in [-0.4, -0.2) is 28.9 Å². The highest BCUT2D eigenvalue weighted by molar-refractivity contribution is 7.99. The van der Waals surface area contributed by atoms with E-state index in [1.807, 2.05) is 13.8 Å². The van der Waals surface area contributed by atoms with Crippen LogP contribution in [0.1, 0.15) is 33.1 Å². The fourth-order valence-corrected chi connectivity index (χ4v) is 2.55. The Labute approximate surface area is 128 Å². The van der Waals surface area contributed by atoms with Gasteiger partial charge in [0, 0.05) is 23.6 Å². The number of hydrogen-bond acceptors (Lipinski definition) is 3. The maximum Gasteiger partial charge on any atom is 0.220 e. The van der Waals surface area contributed by atoms with E-state index in [2.05, 4.69) is 5.32 Å². The molecule has 1 aromatic carbocycles. The van der Waals surface area contributed by atoms with Gasteiger partial charge in [0.05, 0.1) is 5.60 Å². The van der Waals surface area contributed by atoms with Crippen LogP contribution in [0.4, 0.5) is 8.78 Å². The quantitative estimate of drug-likeness (QED) is 0.724. The third-order valence-corrected chi connectivity index (χ3v) is 4.42. The third-order valence-electron chi connectivity index (χ3n) is 3.42. The number of carbonyl (C=O) groups is 1. The van der Waals surface area contributed by atoms with Crippen molar-refractivity contribution in [3.8, 4) is 0 Å². The number of amides is 1. The van der Waals surface area contributed by atoms with E-state index in [4.69, 9.17) is 0 Å². The molecule has 0 aliphatic carbocycles. The minimum absolute atomic E-state index is 0.162. The summed E-state index contributed by atoms with van der Waals surface area (Å²) in [7, 11) is 0. The highest BCUT2D eigenvalue weighted by Crippen LogP contribution is 2.21. The summed E-state index contributed by atoms with van der Waals surface area (Å²) >= 11 is 1.29. The molecule has 0 aliphatic heterocycles. The Bertz CT molecular complexity index is 479. The number of carbonyl (C=O) groups excluding carboxylic acids is 1. The molecule has 6 heteroatoms. The van der Waals surface area contributed by atoms with Crippen LogP contribution in [-0.2, 0) is 4.79 Å². The maximum atomic E-state index is 13.0. The number of aliphatic hydroxyl groups is 1. The van der Waals surface area contributed by atoms with Gasteiger partial charge in [-0.15, -0.1) is 11.8 Å². The lowest BCUT2D eigenvalue weighted by atomic mass is 9.97. The lowest BCUT2D eigenvalue weighted by molar-refractivity contribution is -0.122. The smallest absolute Gasteiger partial charge is 0.220 e. The molecule has 1 aromatic rings. The van der Waals surface area contributed by atoms with Gasteiger partial charge in [0.2, 0.25) is 5.91 Å². The van der Waals surface area contributed by atoms with Gasteiger partial charge in [0.15, 0.2) is 11.6 Å². The van der Waals surface area contributed by atoms with Crippen LogP contribution in [0.5, 0.6) is 0 Å². The highest BCUT2D eigenvalue weighted by Gasteiger charge is 2.22. The zero-order valence-corrected chi connectivity index (χ0v) is 13.1. The largest absolute Gasteiger partial charge is 0.388 e. The van der Waals surface area contributed by atoms with Crippen LogP contribution >= 0.6 is 11.8 Å². The Morgan fingerprint density at radius 3 is 2.52 bits per heavy atom. The monoisotopic (exact) mass is 317 g/mol. The summed E-state index contributed by atoms with van der Waals surface area (Å²) in [6, 6.07) is 3.67. The summed E-state index contributed by atoms with van der Waals surface area (Å²) < 4.78 is 25.8. The minimum atomic E-state index is -0.889. The molecular formula is C15H21F2NO2S. The van der Waals surface area contributed by atoms with E-state index < -0.39 is 17.2 Å². The molecule has 0 atom stereocenters. The van der Waals surface area contributed by atoms with Crippen molar-refractivity contribution >= 4 is 17.7 Å². The van der Waals surface area contributed by atoms with Crippen LogP contribution in [0.2, 0.25) is 0 Å². The second kappa shape index (κ2) is 8.34. The van der Waals surface area contributed by atoms with Crippen molar-refractivity contribution in [3.63, 3.8) is 0 Å². The summed E-state index contributed by atoms with van der Waals surface area (Å²) in [4.78, 5) is 12.2. The number of halogens is 2. The SMILES string of the molecule is CCC(O)(CC)CNC(=O)CCSc1ccc(F)c(F)c1. The summed E-state index contributed by atoms with van der Waals surface area (Å²) in [5.41, 5.74) is -0.858. The number of hydrogen-bond donors (Lipinski definition) is 2.